The van der Waals surface area contributed by atoms with Crippen molar-refractivity contribution in [1.29, 1.82) is 0 Å². The fourth-order valence-electron chi connectivity index (χ4n) is 1.43. The van der Waals surface area contributed by atoms with E-state index < -0.39 is 18.0 Å². The van der Waals surface area contributed by atoms with Gasteiger partial charge in [-0.05, 0) is 26.8 Å². The summed E-state index contributed by atoms with van der Waals surface area (Å²) in [4.78, 5) is 24.3. The van der Waals surface area contributed by atoms with Gasteiger partial charge in [0.05, 0.1) is 0 Å². The predicted octanol–water partition coefficient (Wildman–Crippen LogP) is 0.879. The lowest BCUT2D eigenvalue weighted by molar-refractivity contribution is -0.139. The zero-order valence-electron chi connectivity index (χ0n) is 11.7. The zero-order valence-corrected chi connectivity index (χ0v) is 11.7. The molecule has 6 nitrogen and oxygen atoms in total. The van der Waals surface area contributed by atoms with Crippen molar-refractivity contribution in [3.05, 3.63) is 0 Å². The number of likely N-dealkylation sites (N-methyl/N-ethyl adjacent to an activating group) is 1. The minimum Gasteiger partial charge on any atom is -0.480 e. The van der Waals surface area contributed by atoms with Gasteiger partial charge in [0.2, 0.25) is 0 Å². The van der Waals surface area contributed by atoms with Crippen LogP contribution >= 0.6 is 0 Å². The maximum atomic E-state index is 11.4. The van der Waals surface area contributed by atoms with E-state index in [1.165, 1.54) is 0 Å². The van der Waals surface area contributed by atoms with E-state index in [0.717, 1.165) is 13.0 Å². The van der Waals surface area contributed by atoms with Gasteiger partial charge in [-0.25, -0.2) is 9.59 Å². The molecule has 3 N–H and O–H groups in total. The van der Waals surface area contributed by atoms with Crippen molar-refractivity contribution < 1.29 is 14.7 Å². The number of carbonyl (C=O) groups is 2. The van der Waals surface area contributed by atoms with Gasteiger partial charge in [0, 0.05) is 19.1 Å². The van der Waals surface area contributed by atoms with Gasteiger partial charge >= 0.3 is 12.0 Å². The minimum absolute atomic E-state index is 0.371. The van der Waals surface area contributed by atoms with Crippen LogP contribution in [-0.2, 0) is 4.79 Å². The standard InChI is InChI=1S/C12H25N3O3/c1-5-9(3)15(4)8-7-13-12(18)14-10(6-2)11(16)17/h9-10H,5-8H2,1-4H3,(H,16,17)(H2,13,14,18). The average Bonchev–Trinajstić information content (AvgIpc) is 2.34. The van der Waals surface area contributed by atoms with Crippen LogP contribution in [0.3, 0.4) is 0 Å². The van der Waals surface area contributed by atoms with Crippen molar-refractivity contribution >= 4 is 12.0 Å². The lowest BCUT2D eigenvalue weighted by Crippen LogP contribution is -2.47. The smallest absolute Gasteiger partial charge is 0.326 e. The highest BCUT2D eigenvalue weighted by molar-refractivity contribution is 5.82. The highest BCUT2D eigenvalue weighted by Crippen LogP contribution is 1.98. The van der Waals surface area contributed by atoms with Crippen molar-refractivity contribution in [3.8, 4) is 0 Å². The van der Waals surface area contributed by atoms with Crippen molar-refractivity contribution in [1.82, 2.24) is 15.5 Å². The Labute approximate surface area is 109 Å². The molecule has 2 unspecified atom stereocenters. The van der Waals surface area contributed by atoms with Crippen LogP contribution in [0.25, 0.3) is 0 Å². The van der Waals surface area contributed by atoms with Crippen LogP contribution in [0.15, 0.2) is 0 Å². The van der Waals surface area contributed by atoms with Gasteiger partial charge in [0.15, 0.2) is 0 Å². The van der Waals surface area contributed by atoms with Crippen LogP contribution in [0.4, 0.5) is 4.79 Å². The Hall–Kier alpha value is -1.30. The van der Waals surface area contributed by atoms with E-state index in [0.29, 0.717) is 19.0 Å². The largest absolute Gasteiger partial charge is 0.480 e. The number of nitrogens with one attached hydrogen (secondary N) is 2. The topological polar surface area (TPSA) is 81.7 Å². The molecule has 106 valence electrons. The summed E-state index contributed by atoms with van der Waals surface area (Å²) in [6.45, 7) is 7.20. The molecule has 0 saturated carbocycles. The van der Waals surface area contributed by atoms with Crippen LogP contribution in [0.2, 0.25) is 0 Å². The molecular formula is C12H25N3O3. The first-order valence-corrected chi connectivity index (χ1v) is 6.39. The van der Waals surface area contributed by atoms with Crippen LogP contribution < -0.4 is 10.6 Å². The molecule has 0 aliphatic rings. The molecule has 2 amide bonds. The summed E-state index contributed by atoms with van der Waals surface area (Å²) in [7, 11) is 2.00. The van der Waals surface area contributed by atoms with Crippen molar-refractivity contribution in [3.63, 3.8) is 0 Å². The Balaban J connectivity index is 3.87. The quantitative estimate of drug-likeness (QED) is 0.604. The second-order valence-electron chi connectivity index (χ2n) is 4.44. The van der Waals surface area contributed by atoms with Gasteiger partial charge in [-0.1, -0.05) is 13.8 Å². The first-order valence-electron chi connectivity index (χ1n) is 6.39. The third-order valence-corrected chi connectivity index (χ3v) is 3.11. The first-order chi connectivity index (χ1) is 8.42. The van der Waals surface area contributed by atoms with Crippen molar-refractivity contribution in [2.45, 2.75) is 45.7 Å². The summed E-state index contributed by atoms with van der Waals surface area (Å²) in [5, 5.41) is 13.9. The summed E-state index contributed by atoms with van der Waals surface area (Å²) in [5.74, 6) is -1.01. The van der Waals surface area contributed by atoms with Gasteiger partial charge in [-0.15, -0.1) is 0 Å². The van der Waals surface area contributed by atoms with Gasteiger partial charge in [0.25, 0.3) is 0 Å². The normalized spacial score (nSPS) is 14.1. The molecule has 6 heteroatoms. The van der Waals surface area contributed by atoms with E-state index >= 15 is 0 Å². The van der Waals surface area contributed by atoms with Gasteiger partial charge < -0.3 is 20.6 Å². The summed E-state index contributed by atoms with van der Waals surface area (Å²) >= 11 is 0. The number of carbonyl (C=O) groups excluding carboxylic acids is 1. The van der Waals surface area contributed by atoms with Crippen LogP contribution in [-0.4, -0.2) is 54.2 Å². The maximum absolute atomic E-state index is 11.4. The summed E-state index contributed by atoms with van der Waals surface area (Å²) in [5.41, 5.74) is 0. The molecule has 0 aromatic rings. The SMILES string of the molecule is CCC(NC(=O)NCCN(C)C(C)CC)C(=O)O. The van der Waals surface area contributed by atoms with Gasteiger partial charge in [0.1, 0.15) is 6.04 Å². The second kappa shape index (κ2) is 8.74. The number of hydrogen-bond acceptors (Lipinski definition) is 3. The molecule has 0 saturated heterocycles. The highest BCUT2D eigenvalue weighted by atomic mass is 16.4. The monoisotopic (exact) mass is 259 g/mol. The summed E-state index contributed by atoms with van der Waals surface area (Å²) < 4.78 is 0. The number of aliphatic carboxylic acids is 1. The van der Waals surface area contributed by atoms with E-state index in [4.69, 9.17) is 5.11 Å². The van der Waals surface area contributed by atoms with E-state index in [1.807, 2.05) is 7.05 Å². The van der Waals surface area contributed by atoms with Crippen LogP contribution in [0.5, 0.6) is 0 Å². The van der Waals surface area contributed by atoms with Gasteiger partial charge in [-0.3, -0.25) is 0 Å². The number of amides is 2. The molecule has 0 aromatic carbocycles. The number of urea groups is 1. The molecule has 2 atom stereocenters. The zero-order chi connectivity index (χ0) is 14.1. The Kier molecular flexibility index (Phi) is 8.11. The predicted molar refractivity (Wildman–Crippen MR) is 70.6 cm³/mol. The minimum atomic E-state index is -1.01. The molecule has 0 aliphatic carbocycles. The molecule has 0 fully saturated rings. The number of rotatable bonds is 8. The highest BCUT2D eigenvalue weighted by Gasteiger charge is 2.17. The van der Waals surface area contributed by atoms with E-state index in [-0.39, 0.29) is 0 Å². The van der Waals surface area contributed by atoms with Crippen molar-refractivity contribution in [2.75, 3.05) is 20.1 Å². The summed E-state index contributed by atoms with van der Waals surface area (Å²) in [6.07, 6.45) is 1.43. The van der Waals surface area contributed by atoms with Crippen molar-refractivity contribution in [2.24, 2.45) is 0 Å². The molecule has 18 heavy (non-hydrogen) atoms. The fourth-order valence-corrected chi connectivity index (χ4v) is 1.43. The third kappa shape index (κ3) is 6.44. The second-order valence-corrected chi connectivity index (χ2v) is 4.44. The van der Waals surface area contributed by atoms with E-state index in [2.05, 4.69) is 29.4 Å². The molecule has 0 bridgehead atoms. The molecule has 0 aliphatic heterocycles. The van der Waals surface area contributed by atoms with E-state index in [9.17, 15) is 9.59 Å². The lowest BCUT2D eigenvalue weighted by atomic mass is 10.2. The fraction of sp³-hybridized carbons (Fsp3) is 0.833. The van der Waals surface area contributed by atoms with Crippen LogP contribution in [0.1, 0.15) is 33.6 Å². The van der Waals surface area contributed by atoms with Gasteiger partial charge in [-0.2, -0.15) is 0 Å². The Bertz CT molecular complexity index is 271. The Morgan fingerprint density at radius 2 is 1.89 bits per heavy atom. The summed E-state index contributed by atoms with van der Waals surface area (Å²) in [6, 6.07) is -0.781. The number of carboxylic acids is 1. The maximum Gasteiger partial charge on any atom is 0.326 e. The molecule has 0 rings (SSSR count). The first kappa shape index (κ1) is 16.7. The van der Waals surface area contributed by atoms with Crippen LogP contribution in [0, 0.1) is 0 Å². The molecule has 0 spiro atoms. The Morgan fingerprint density at radius 1 is 1.28 bits per heavy atom. The molecule has 0 radical (unpaired) electrons. The number of nitrogens with zero attached hydrogens (tertiary/aromatic N) is 1. The van der Waals surface area contributed by atoms with E-state index in [1.54, 1.807) is 6.92 Å². The average molecular weight is 259 g/mol. The number of hydrogen-bond donors (Lipinski definition) is 3. The molecule has 0 heterocycles. The molecule has 0 aromatic heterocycles. The Morgan fingerprint density at radius 3 is 2.33 bits per heavy atom. The lowest BCUT2D eigenvalue weighted by Gasteiger charge is -2.23. The number of carboxylic acid groups (broad SMARTS) is 1. The molecular weight excluding hydrogens is 234 g/mol. The third-order valence-electron chi connectivity index (χ3n) is 3.11.